The van der Waals surface area contributed by atoms with Gasteiger partial charge < -0.3 is 14.6 Å². The van der Waals surface area contributed by atoms with E-state index in [1.807, 2.05) is 50.5 Å². The van der Waals surface area contributed by atoms with Crippen LogP contribution < -0.4 is 10.1 Å². The maximum atomic E-state index is 13.1. The van der Waals surface area contributed by atoms with Gasteiger partial charge in [0, 0.05) is 12.2 Å². The molecule has 1 unspecified atom stereocenters. The van der Waals surface area contributed by atoms with Gasteiger partial charge in [-0.3, -0.25) is 4.79 Å². The van der Waals surface area contributed by atoms with E-state index in [1.54, 1.807) is 12.1 Å². The van der Waals surface area contributed by atoms with Gasteiger partial charge in [0.05, 0.1) is 5.75 Å². The van der Waals surface area contributed by atoms with Crippen molar-refractivity contribution in [1.82, 2.24) is 14.8 Å². The Hall–Kier alpha value is -2.87. The van der Waals surface area contributed by atoms with Crippen LogP contribution in [0, 0.1) is 19.7 Å². The van der Waals surface area contributed by atoms with Crippen LogP contribution in [-0.2, 0) is 11.3 Å². The third-order valence-corrected chi connectivity index (χ3v) is 5.64. The zero-order valence-electron chi connectivity index (χ0n) is 17.5. The summed E-state index contributed by atoms with van der Waals surface area (Å²) in [5, 5.41) is 12.0. The first-order valence-corrected chi connectivity index (χ1v) is 10.7. The van der Waals surface area contributed by atoms with E-state index in [0.717, 1.165) is 11.3 Å². The first-order valence-electron chi connectivity index (χ1n) is 9.72. The predicted molar refractivity (Wildman–Crippen MR) is 116 cm³/mol. The fraction of sp³-hybridized carbons (Fsp3) is 0.318. The maximum absolute atomic E-state index is 13.1. The average Bonchev–Trinajstić information content (AvgIpc) is 3.14. The predicted octanol–water partition coefficient (Wildman–Crippen LogP) is 4.92. The molecule has 30 heavy (non-hydrogen) atoms. The monoisotopic (exact) mass is 428 g/mol. The number of carbonyl (C=O) groups is 1. The van der Waals surface area contributed by atoms with E-state index in [1.165, 1.54) is 29.5 Å². The van der Waals surface area contributed by atoms with E-state index < -0.39 is 0 Å². The molecule has 0 fully saturated rings. The Balaban J connectivity index is 1.62. The van der Waals surface area contributed by atoms with E-state index in [4.69, 9.17) is 4.74 Å². The topological polar surface area (TPSA) is 69.0 Å². The molecule has 0 saturated heterocycles. The molecule has 0 spiro atoms. The van der Waals surface area contributed by atoms with Crippen LogP contribution in [0.4, 0.5) is 10.1 Å². The van der Waals surface area contributed by atoms with Crippen molar-refractivity contribution in [3.05, 3.63) is 65.2 Å². The normalized spacial score (nSPS) is 11.9. The number of benzene rings is 2. The van der Waals surface area contributed by atoms with Crippen LogP contribution in [0.25, 0.3) is 0 Å². The number of aromatic nitrogens is 3. The van der Waals surface area contributed by atoms with Gasteiger partial charge >= 0.3 is 0 Å². The van der Waals surface area contributed by atoms with Crippen molar-refractivity contribution < 1.29 is 13.9 Å². The van der Waals surface area contributed by atoms with Crippen LogP contribution in [0.5, 0.6) is 5.75 Å². The molecule has 1 aromatic heterocycles. The SMILES string of the molecule is CCn1c(SCC(=O)Nc2ccc(C)c(C)c2)nnc1C(C)Oc1ccc(F)cc1. The van der Waals surface area contributed by atoms with Crippen molar-refractivity contribution in [1.29, 1.82) is 0 Å². The summed E-state index contributed by atoms with van der Waals surface area (Å²) < 4.78 is 20.9. The van der Waals surface area contributed by atoms with Gasteiger partial charge in [0.2, 0.25) is 5.91 Å². The lowest BCUT2D eigenvalue weighted by atomic mass is 10.1. The number of hydrogen-bond acceptors (Lipinski definition) is 5. The minimum absolute atomic E-state index is 0.105. The van der Waals surface area contributed by atoms with Crippen molar-refractivity contribution in [3.8, 4) is 5.75 Å². The van der Waals surface area contributed by atoms with Gasteiger partial charge in [0.15, 0.2) is 17.1 Å². The number of hydrogen-bond donors (Lipinski definition) is 1. The summed E-state index contributed by atoms with van der Waals surface area (Å²) >= 11 is 1.32. The van der Waals surface area contributed by atoms with Gasteiger partial charge in [-0.2, -0.15) is 0 Å². The van der Waals surface area contributed by atoms with Crippen LogP contribution in [0.1, 0.15) is 36.9 Å². The fourth-order valence-corrected chi connectivity index (χ4v) is 3.73. The lowest BCUT2D eigenvalue weighted by Gasteiger charge is -2.15. The first-order chi connectivity index (χ1) is 14.4. The summed E-state index contributed by atoms with van der Waals surface area (Å²) in [6, 6.07) is 11.7. The zero-order chi connectivity index (χ0) is 21.7. The van der Waals surface area contributed by atoms with Crippen LogP contribution >= 0.6 is 11.8 Å². The number of thioether (sulfide) groups is 1. The van der Waals surface area contributed by atoms with E-state index in [-0.39, 0.29) is 23.6 Å². The molecule has 0 aliphatic rings. The Morgan fingerprint density at radius 2 is 1.90 bits per heavy atom. The molecule has 1 heterocycles. The Morgan fingerprint density at radius 1 is 1.17 bits per heavy atom. The highest BCUT2D eigenvalue weighted by atomic mass is 32.2. The number of rotatable bonds is 8. The number of carbonyl (C=O) groups excluding carboxylic acids is 1. The van der Waals surface area contributed by atoms with E-state index >= 15 is 0 Å². The highest BCUT2D eigenvalue weighted by molar-refractivity contribution is 7.99. The molecule has 1 amide bonds. The molecule has 158 valence electrons. The van der Waals surface area contributed by atoms with Gasteiger partial charge in [-0.05, 0) is 75.2 Å². The minimum Gasteiger partial charge on any atom is -0.483 e. The number of nitrogens with zero attached hydrogens (tertiary/aromatic N) is 3. The molecule has 0 aliphatic carbocycles. The lowest BCUT2D eigenvalue weighted by Crippen LogP contribution is -2.15. The van der Waals surface area contributed by atoms with Crippen molar-refractivity contribution >= 4 is 23.4 Å². The summed E-state index contributed by atoms with van der Waals surface area (Å²) in [7, 11) is 0. The second-order valence-electron chi connectivity index (χ2n) is 6.93. The van der Waals surface area contributed by atoms with Crippen LogP contribution in [-0.4, -0.2) is 26.4 Å². The third kappa shape index (κ3) is 5.38. The smallest absolute Gasteiger partial charge is 0.234 e. The number of halogens is 1. The molecule has 1 N–H and O–H groups in total. The molecular formula is C22H25FN4O2S. The number of ether oxygens (including phenoxy) is 1. The van der Waals surface area contributed by atoms with E-state index in [9.17, 15) is 9.18 Å². The molecule has 2 aromatic carbocycles. The molecule has 3 aromatic rings. The minimum atomic E-state index is -0.373. The van der Waals surface area contributed by atoms with Gasteiger partial charge in [-0.1, -0.05) is 17.8 Å². The molecule has 8 heteroatoms. The van der Waals surface area contributed by atoms with Crippen molar-refractivity contribution in [2.24, 2.45) is 0 Å². The summed E-state index contributed by atoms with van der Waals surface area (Å²) in [4.78, 5) is 12.3. The highest BCUT2D eigenvalue weighted by Crippen LogP contribution is 2.25. The fourth-order valence-electron chi connectivity index (χ4n) is 2.92. The largest absolute Gasteiger partial charge is 0.483 e. The molecule has 0 saturated carbocycles. The van der Waals surface area contributed by atoms with E-state index in [0.29, 0.717) is 23.3 Å². The summed E-state index contributed by atoms with van der Waals surface area (Å²) in [6.07, 6.45) is -0.373. The number of nitrogens with one attached hydrogen (secondary N) is 1. The summed E-state index contributed by atoms with van der Waals surface area (Å²) in [5.74, 6) is 1.00. The summed E-state index contributed by atoms with van der Waals surface area (Å²) in [6.45, 7) is 8.53. The number of anilines is 1. The van der Waals surface area contributed by atoms with Crippen LogP contribution in [0.2, 0.25) is 0 Å². The lowest BCUT2D eigenvalue weighted by molar-refractivity contribution is -0.113. The molecular weight excluding hydrogens is 403 g/mol. The molecule has 6 nitrogen and oxygen atoms in total. The molecule has 0 bridgehead atoms. The van der Waals surface area contributed by atoms with Crippen molar-refractivity contribution in [2.45, 2.75) is 45.5 Å². The second-order valence-corrected chi connectivity index (χ2v) is 7.88. The average molecular weight is 429 g/mol. The van der Waals surface area contributed by atoms with Crippen LogP contribution in [0.3, 0.4) is 0 Å². The van der Waals surface area contributed by atoms with Gasteiger partial charge in [0.25, 0.3) is 0 Å². The van der Waals surface area contributed by atoms with Gasteiger partial charge in [-0.15, -0.1) is 10.2 Å². The molecule has 1 atom stereocenters. The Bertz CT molecular complexity index is 1020. The number of amides is 1. The summed E-state index contributed by atoms with van der Waals surface area (Å²) in [5.41, 5.74) is 3.09. The third-order valence-electron chi connectivity index (χ3n) is 4.67. The van der Waals surface area contributed by atoms with Crippen molar-refractivity contribution in [3.63, 3.8) is 0 Å². The van der Waals surface area contributed by atoms with Gasteiger partial charge in [0.1, 0.15) is 11.6 Å². The maximum Gasteiger partial charge on any atom is 0.234 e. The quantitative estimate of drug-likeness (QED) is 0.516. The van der Waals surface area contributed by atoms with Gasteiger partial charge in [-0.25, -0.2) is 4.39 Å². The van der Waals surface area contributed by atoms with Crippen molar-refractivity contribution in [2.75, 3.05) is 11.1 Å². The Kier molecular flexibility index (Phi) is 7.10. The molecule has 0 aliphatic heterocycles. The number of aryl methyl sites for hydroxylation is 2. The second kappa shape index (κ2) is 9.75. The molecule has 0 radical (unpaired) electrons. The Labute approximate surface area is 179 Å². The Morgan fingerprint density at radius 3 is 2.57 bits per heavy atom. The van der Waals surface area contributed by atoms with Crippen LogP contribution in [0.15, 0.2) is 47.6 Å². The molecule has 3 rings (SSSR count). The van der Waals surface area contributed by atoms with E-state index in [2.05, 4.69) is 15.5 Å². The zero-order valence-corrected chi connectivity index (χ0v) is 18.3. The first kappa shape index (κ1) is 21.8. The standard InChI is InChI=1S/C22H25FN4O2S/c1-5-27-21(16(4)29-19-10-7-17(23)8-11-19)25-26-22(27)30-13-20(28)24-18-9-6-14(2)15(3)12-18/h6-12,16H,5,13H2,1-4H3,(H,24,28). The highest BCUT2D eigenvalue weighted by Gasteiger charge is 2.19.